The average molecular weight is 312 g/mol. The molecule has 0 aliphatic heterocycles. The zero-order chi connectivity index (χ0) is 16.8. The largest absolute Gasteiger partial charge is 0.460 e. The van der Waals surface area contributed by atoms with E-state index in [4.69, 9.17) is 9.84 Å². The van der Waals surface area contributed by atoms with Crippen molar-refractivity contribution < 1.29 is 19.4 Å². The lowest BCUT2D eigenvalue weighted by atomic mass is 9.96. The second kappa shape index (κ2) is 7.70. The molecule has 0 fully saturated rings. The van der Waals surface area contributed by atoms with E-state index >= 15 is 0 Å². The Balaban J connectivity index is 2.19. The molecule has 0 amide bonds. The van der Waals surface area contributed by atoms with Gasteiger partial charge in [0.15, 0.2) is 5.78 Å². The number of aliphatic hydroxyl groups excluding tert-OH is 1. The van der Waals surface area contributed by atoms with Gasteiger partial charge in [0.25, 0.3) is 0 Å². The van der Waals surface area contributed by atoms with Gasteiger partial charge in [-0.15, -0.1) is 0 Å². The molecule has 0 heterocycles. The van der Waals surface area contributed by atoms with Crippen LogP contribution in [0.15, 0.2) is 54.6 Å². The van der Waals surface area contributed by atoms with Crippen LogP contribution in [0.4, 0.5) is 0 Å². The first-order chi connectivity index (χ1) is 11.0. The summed E-state index contributed by atoms with van der Waals surface area (Å²) in [7, 11) is 0. The smallest absolute Gasteiger partial charge is 0.313 e. The molecule has 2 aromatic carbocycles. The van der Waals surface area contributed by atoms with Crippen LogP contribution >= 0.6 is 0 Å². The van der Waals surface area contributed by atoms with Crippen molar-refractivity contribution >= 4 is 11.8 Å². The van der Waals surface area contributed by atoms with Gasteiger partial charge in [0.1, 0.15) is 6.10 Å². The van der Waals surface area contributed by atoms with Crippen molar-refractivity contribution in [2.24, 2.45) is 0 Å². The molecule has 0 spiro atoms. The van der Waals surface area contributed by atoms with Crippen molar-refractivity contribution in [2.75, 3.05) is 6.61 Å². The Morgan fingerprint density at radius 3 is 2.30 bits per heavy atom. The van der Waals surface area contributed by atoms with E-state index in [0.29, 0.717) is 16.7 Å². The molecule has 0 saturated heterocycles. The molecule has 4 heteroatoms. The fraction of sp³-hybridized carbons (Fsp3) is 0.263. The van der Waals surface area contributed by atoms with Crippen molar-refractivity contribution in [3.63, 3.8) is 0 Å². The van der Waals surface area contributed by atoms with Crippen LogP contribution in [0.1, 0.15) is 41.3 Å². The van der Waals surface area contributed by atoms with Crippen LogP contribution in [0.5, 0.6) is 0 Å². The second-order valence-corrected chi connectivity index (χ2v) is 5.47. The van der Waals surface area contributed by atoms with Crippen molar-refractivity contribution in [1.29, 1.82) is 0 Å². The predicted molar refractivity (Wildman–Crippen MR) is 87.4 cm³/mol. The van der Waals surface area contributed by atoms with E-state index in [2.05, 4.69) is 0 Å². The monoisotopic (exact) mass is 312 g/mol. The van der Waals surface area contributed by atoms with Crippen molar-refractivity contribution in [2.45, 2.75) is 25.9 Å². The van der Waals surface area contributed by atoms with E-state index in [-0.39, 0.29) is 12.4 Å². The number of rotatable bonds is 6. The van der Waals surface area contributed by atoms with Gasteiger partial charge in [0.05, 0.1) is 12.5 Å². The maximum absolute atomic E-state index is 12.5. The van der Waals surface area contributed by atoms with Gasteiger partial charge in [0, 0.05) is 11.1 Å². The molecular weight excluding hydrogens is 292 g/mol. The summed E-state index contributed by atoms with van der Waals surface area (Å²) >= 11 is 0. The molecule has 23 heavy (non-hydrogen) atoms. The summed E-state index contributed by atoms with van der Waals surface area (Å²) in [4.78, 5) is 24.5. The molecule has 0 radical (unpaired) electrons. The number of benzene rings is 2. The normalized spacial score (nSPS) is 13.2. The van der Waals surface area contributed by atoms with Gasteiger partial charge < -0.3 is 9.84 Å². The van der Waals surface area contributed by atoms with Crippen LogP contribution < -0.4 is 0 Å². The van der Waals surface area contributed by atoms with Gasteiger partial charge >= 0.3 is 5.97 Å². The number of carbonyl (C=O) groups is 2. The zero-order valence-electron chi connectivity index (χ0n) is 13.2. The number of hydrogen-bond donors (Lipinski definition) is 1. The third kappa shape index (κ3) is 4.27. The number of esters is 1. The first-order valence-electron chi connectivity index (χ1n) is 7.54. The Bertz CT molecular complexity index is 679. The molecule has 120 valence electrons. The molecule has 2 aromatic rings. The maximum Gasteiger partial charge on any atom is 0.313 e. The predicted octanol–water partition coefficient (Wildman–Crippen LogP) is 2.95. The Hall–Kier alpha value is -2.46. The van der Waals surface area contributed by atoms with Gasteiger partial charge in [-0.25, -0.2) is 0 Å². The van der Waals surface area contributed by atoms with Gasteiger partial charge in [-0.2, -0.15) is 0 Å². The maximum atomic E-state index is 12.5. The number of aliphatic hydroxyl groups is 1. The van der Waals surface area contributed by atoms with Gasteiger partial charge in [-0.1, -0.05) is 48.5 Å². The number of carbonyl (C=O) groups excluding carboxylic acids is 2. The van der Waals surface area contributed by atoms with Crippen LogP contribution in [0.2, 0.25) is 0 Å². The molecule has 0 aliphatic carbocycles. The Morgan fingerprint density at radius 2 is 1.65 bits per heavy atom. The Labute approximate surface area is 135 Å². The number of hydrogen-bond acceptors (Lipinski definition) is 4. The van der Waals surface area contributed by atoms with Crippen molar-refractivity contribution in [3.8, 4) is 0 Å². The van der Waals surface area contributed by atoms with Crippen LogP contribution in [0.3, 0.4) is 0 Å². The Kier molecular flexibility index (Phi) is 5.66. The van der Waals surface area contributed by atoms with E-state index < -0.39 is 18.0 Å². The fourth-order valence-electron chi connectivity index (χ4n) is 2.18. The summed E-state index contributed by atoms with van der Waals surface area (Å²) in [5.74, 6) is -1.01. The minimum absolute atomic E-state index is 0.0863. The van der Waals surface area contributed by atoms with Crippen LogP contribution in [0, 0.1) is 0 Å². The highest BCUT2D eigenvalue weighted by atomic mass is 16.6. The first-order valence-corrected chi connectivity index (χ1v) is 7.54. The van der Waals surface area contributed by atoms with E-state index in [9.17, 15) is 9.59 Å². The van der Waals surface area contributed by atoms with Gasteiger partial charge in [-0.05, 0) is 25.5 Å². The summed E-state index contributed by atoms with van der Waals surface area (Å²) < 4.78 is 5.13. The van der Waals surface area contributed by atoms with E-state index in [1.807, 2.05) is 18.2 Å². The van der Waals surface area contributed by atoms with Crippen LogP contribution in [-0.4, -0.2) is 29.6 Å². The molecule has 0 saturated carbocycles. The fourth-order valence-corrected chi connectivity index (χ4v) is 2.18. The SMILES string of the molecule is CC(CO)OC(=O)C(C)c1cccc(C(=O)c2ccccc2)c1. The Morgan fingerprint density at radius 1 is 1.00 bits per heavy atom. The lowest BCUT2D eigenvalue weighted by molar-refractivity contribution is -0.151. The number of ketones is 1. The molecule has 2 unspecified atom stereocenters. The summed E-state index contributed by atoms with van der Waals surface area (Å²) in [6, 6.07) is 16.0. The lowest BCUT2D eigenvalue weighted by Crippen LogP contribution is -2.22. The third-order valence-electron chi connectivity index (χ3n) is 3.61. The van der Waals surface area contributed by atoms with Crippen LogP contribution in [0.25, 0.3) is 0 Å². The summed E-state index contributed by atoms with van der Waals surface area (Å²) in [6.45, 7) is 3.13. The highest BCUT2D eigenvalue weighted by Gasteiger charge is 2.20. The molecule has 2 rings (SSSR count). The van der Waals surface area contributed by atoms with Crippen molar-refractivity contribution in [1.82, 2.24) is 0 Å². The zero-order valence-corrected chi connectivity index (χ0v) is 13.2. The van der Waals surface area contributed by atoms with E-state index in [0.717, 1.165) is 0 Å². The highest BCUT2D eigenvalue weighted by molar-refractivity contribution is 6.09. The summed E-state index contributed by atoms with van der Waals surface area (Å²) in [6.07, 6.45) is -0.543. The van der Waals surface area contributed by atoms with E-state index in [1.54, 1.807) is 50.2 Å². The third-order valence-corrected chi connectivity index (χ3v) is 3.61. The van der Waals surface area contributed by atoms with Crippen molar-refractivity contribution in [3.05, 3.63) is 71.3 Å². The highest BCUT2D eigenvalue weighted by Crippen LogP contribution is 2.20. The topological polar surface area (TPSA) is 63.6 Å². The summed E-state index contributed by atoms with van der Waals surface area (Å²) in [5, 5.41) is 8.96. The summed E-state index contributed by atoms with van der Waals surface area (Å²) in [5.41, 5.74) is 1.85. The van der Waals surface area contributed by atoms with Gasteiger partial charge in [0.2, 0.25) is 0 Å². The molecular formula is C19H20O4. The minimum atomic E-state index is -0.543. The standard InChI is InChI=1S/C19H20O4/c1-13(12-20)23-19(22)14(2)16-9-6-10-17(11-16)18(21)15-7-4-3-5-8-15/h3-11,13-14,20H,12H2,1-2H3. The number of ether oxygens (including phenoxy) is 1. The molecule has 0 aromatic heterocycles. The minimum Gasteiger partial charge on any atom is -0.460 e. The molecule has 2 atom stereocenters. The average Bonchev–Trinajstić information content (AvgIpc) is 2.61. The molecule has 1 N–H and O–H groups in total. The second-order valence-electron chi connectivity index (χ2n) is 5.47. The molecule has 4 nitrogen and oxygen atoms in total. The van der Waals surface area contributed by atoms with Gasteiger partial charge in [-0.3, -0.25) is 9.59 Å². The molecule has 0 bridgehead atoms. The lowest BCUT2D eigenvalue weighted by Gasteiger charge is -2.16. The van der Waals surface area contributed by atoms with E-state index in [1.165, 1.54) is 0 Å². The quantitative estimate of drug-likeness (QED) is 0.658. The van der Waals surface area contributed by atoms with Crippen LogP contribution in [-0.2, 0) is 9.53 Å². The molecule has 0 aliphatic rings. The first kappa shape index (κ1) is 16.9.